The summed E-state index contributed by atoms with van der Waals surface area (Å²) < 4.78 is 16.0. The fraction of sp³-hybridized carbons (Fsp3) is 0.409. The molecule has 1 N–H and O–H groups in total. The van der Waals surface area contributed by atoms with Crippen molar-refractivity contribution in [3.8, 4) is 17.2 Å². The molecule has 1 aliphatic rings. The van der Waals surface area contributed by atoms with Gasteiger partial charge >= 0.3 is 0 Å². The molecular weight excluding hydrogens is 356 g/mol. The molecule has 2 aromatic carbocycles. The molecule has 0 radical (unpaired) electrons. The SMILES string of the molecule is COc1ccc(C(CNC(=O)COc2cccc(OC)c2)N2CCCC2)cc1. The molecule has 6 heteroatoms. The Bertz CT molecular complexity index is 757. The number of carbonyl (C=O) groups excluding carboxylic acids is 1. The minimum Gasteiger partial charge on any atom is -0.497 e. The second-order valence-electron chi connectivity index (χ2n) is 6.80. The highest BCUT2D eigenvalue weighted by Crippen LogP contribution is 2.26. The monoisotopic (exact) mass is 384 g/mol. The van der Waals surface area contributed by atoms with Crippen LogP contribution in [0.2, 0.25) is 0 Å². The first-order valence-corrected chi connectivity index (χ1v) is 9.61. The minimum atomic E-state index is -0.138. The maximum Gasteiger partial charge on any atom is 0.258 e. The van der Waals surface area contributed by atoms with Gasteiger partial charge in [-0.25, -0.2) is 0 Å². The van der Waals surface area contributed by atoms with E-state index in [1.165, 1.54) is 18.4 Å². The number of carbonyl (C=O) groups is 1. The maximum absolute atomic E-state index is 12.3. The molecule has 150 valence electrons. The van der Waals surface area contributed by atoms with E-state index >= 15 is 0 Å². The molecule has 3 rings (SSSR count). The second kappa shape index (κ2) is 9.99. The molecule has 6 nitrogen and oxygen atoms in total. The number of amides is 1. The van der Waals surface area contributed by atoms with Gasteiger partial charge in [-0.05, 0) is 55.8 Å². The van der Waals surface area contributed by atoms with Crippen LogP contribution in [0, 0.1) is 0 Å². The zero-order valence-corrected chi connectivity index (χ0v) is 16.5. The highest BCUT2D eigenvalue weighted by molar-refractivity contribution is 5.77. The summed E-state index contributed by atoms with van der Waals surface area (Å²) in [6.45, 7) is 2.62. The summed E-state index contributed by atoms with van der Waals surface area (Å²) in [6.07, 6.45) is 2.39. The molecule has 1 atom stereocenters. The second-order valence-corrected chi connectivity index (χ2v) is 6.80. The number of likely N-dealkylation sites (tertiary alicyclic amines) is 1. The Hall–Kier alpha value is -2.73. The summed E-state index contributed by atoms with van der Waals surface area (Å²) in [6, 6.07) is 15.5. The van der Waals surface area contributed by atoms with Crippen molar-refractivity contribution in [3.63, 3.8) is 0 Å². The molecule has 2 aromatic rings. The highest BCUT2D eigenvalue weighted by Gasteiger charge is 2.24. The van der Waals surface area contributed by atoms with E-state index < -0.39 is 0 Å². The van der Waals surface area contributed by atoms with Crippen molar-refractivity contribution >= 4 is 5.91 Å². The fourth-order valence-corrected chi connectivity index (χ4v) is 3.44. The van der Waals surface area contributed by atoms with E-state index in [4.69, 9.17) is 14.2 Å². The van der Waals surface area contributed by atoms with Crippen molar-refractivity contribution in [1.82, 2.24) is 10.2 Å². The van der Waals surface area contributed by atoms with Gasteiger partial charge in [-0.2, -0.15) is 0 Å². The Morgan fingerprint density at radius 1 is 1.00 bits per heavy atom. The third-order valence-corrected chi connectivity index (χ3v) is 4.99. The normalized spacial score (nSPS) is 15.1. The van der Waals surface area contributed by atoms with Crippen LogP contribution in [0.3, 0.4) is 0 Å². The van der Waals surface area contributed by atoms with Crippen LogP contribution in [0.15, 0.2) is 48.5 Å². The van der Waals surface area contributed by atoms with Crippen molar-refractivity contribution < 1.29 is 19.0 Å². The number of nitrogens with zero attached hydrogens (tertiary/aromatic N) is 1. The average Bonchev–Trinajstić information content (AvgIpc) is 3.27. The lowest BCUT2D eigenvalue weighted by atomic mass is 10.1. The van der Waals surface area contributed by atoms with Crippen molar-refractivity contribution in [2.45, 2.75) is 18.9 Å². The zero-order valence-electron chi connectivity index (χ0n) is 16.5. The van der Waals surface area contributed by atoms with Gasteiger partial charge in [0.05, 0.1) is 20.3 Å². The number of rotatable bonds is 9. The minimum absolute atomic E-state index is 0.0253. The molecule has 0 aliphatic carbocycles. The lowest BCUT2D eigenvalue weighted by molar-refractivity contribution is -0.123. The number of ether oxygens (including phenoxy) is 3. The lowest BCUT2D eigenvalue weighted by Crippen LogP contribution is -2.38. The van der Waals surface area contributed by atoms with E-state index in [2.05, 4.69) is 22.3 Å². The van der Waals surface area contributed by atoms with E-state index in [1.54, 1.807) is 26.4 Å². The van der Waals surface area contributed by atoms with Crippen LogP contribution >= 0.6 is 0 Å². The van der Waals surface area contributed by atoms with Crippen LogP contribution < -0.4 is 19.5 Å². The van der Waals surface area contributed by atoms with Crippen molar-refractivity contribution in [2.24, 2.45) is 0 Å². The molecule has 0 spiro atoms. The van der Waals surface area contributed by atoms with Crippen molar-refractivity contribution in [2.75, 3.05) is 40.5 Å². The Morgan fingerprint density at radius 2 is 1.68 bits per heavy atom. The number of hydrogen-bond donors (Lipinski definition) is 1. The highest BCUT2D eigenvalue weighted by atomic mass is 16.5. The van der Waals surface area contributed by atoms with Crippen LogP contribution in [0.1, 0.15) is 24.4 Å². The summed E-state index contributed by atoms with van der Waals surface area (Å²) in [4.78, 5) is 14.7. The van der Waals surface area contributed by atoms with E-state index in [1.807, 2.05) is 24.3 Å². The molecule has 0 bridgehead atoms. The predicted molar refractivity (Wildman–Crippen MR) is 108 cm³/mol. The Balaban J connectivity index is 1.56. The first kappa shape index (κ1) is 20.0. The van der Waals surface area contributed by atoms with E-state index in [0.717, 1.165) is 18.8 Å². The van der Waals surface area contributed by atoms with Crippen LogP contribution in [0.5, 0.6) is 17.2 Å². The molecule has 0 saturated carbocycles. The van der Waals surface area contributed by atoms with Gasteiger partial charge in [-0.1, -0.05) is 18.2 Å². The molecule has 0 aromatic heterocycles. The Labute approximate surface area is 166 Å². The summed E-state index contributed by atoms with van der Waals surface area (Å²) in [5, 5.41) is 3.02. The first-order valence-electron chi connectivity index (χ1n) is 9.61. The predicted octanol–water partition coefficient (Wildman–Crippen LogP) is 3.04. The number of benzene rings is 2. The molecule has 1 heterocycles. The summed E-state index contributed by atoms with van der Waals surface area (Å²) >= 11 is 0. The molecule has 28 heavy (non-hydrogen) atoms. The fourth-order valence-electron chi connectivity index (χ4n) is 3.44. The van der Waals surface area contributed by atoms with Crippen LogP contribution in [0.25, 0.3) is 0 Å². The number of nitrogens with one attached hydrogen (secondary N) is 1. The molecule has 1 aliphatic heterocycles. The molecule has 1 fully saturated rings. The average molecular weight is 384 g/mol. The maximum atomic E-state index is 12.3. The summed E-state index contributed by atoms with van der Waals surface area (Å²) in [5.41, 5.74) is 1.18. The van der Waals surface area contributed by atoms with Crippen LogP contribution in [-0.4, -0.2) is 51.3 Å². The quantitative estimate of drug-likeness (QED) is 0.720. The molecule has 1 amide bonds. The largest absolute Gasteiger partial charge is 0.497 e. The van der Waals surface area contributed by atoms with Crippen LogP contribution in [0.4, 0.5) is 0 Å². The number of methoxy groups -OCH3 is 2. The van der Waals surface area contributed by atoms with Crippen molar-refractivity contribution in [1.29, 1.82) is 0 Å². The van der Waals surface area contributed by atoms with E-state index in [-0.39, 0.29) is 18.6 Å². The van der Waals surface area contributed by atoms with Gasteiger partial charge in [-0.15, -0.1) is 0 Å². The number of hydrogen-bond acceptors (Lipinski definition) is 5. The zero-order chi connectivity index (χ0) is 19.8. The van der Waals surface area contributed by atoms with Gasteiger partial charge in [0.1, 0.15) is 17.2 Å². The standard InChI is InChI=1S/C22H28N2O4/c1-26-18-10-8-17(9-11-18)21(24-12-3-4-13-24)15-23-22(25)16-28-20-7-5-6-19(14-20)27-2/h5-11,14,21H,3-4,12-13,15-16H2,1-2H3,(H,23,25). The van der Waals surface area contributed by atoms with Gasteiger partial charge in [0, 0.05) is 12.6 Å². The summed E-state index contributed by atoms with van der Waals surface area (Å²) in [7, 11) is 3.26. The lowest BCUT2D eigenvalue weighted by Gasteiger charge is -2.28. The molecule has 1 saturated heterocycles. The van der Waals surface area contributed by atoms with Crippen molar-refractivity contribution in [3.05, 3.63) is 54.1 Å². The smallest absolute Gasteiger partial charge is 0.258 e. The molecule has 1 unspecified atom stereocenters. The molecular formula is C22H28N2O4. The Kier molecular flexibility index (Phi) is 7.14. The van der Waals surface area contributed by atoms with E-state index in [0.29, 0.717) is 18.0 Å². The first-order chi connectivity index (χ1) is 13.7. The van der Waals surface area contributed by atoms with Gasteiger partial charge in [-0.3, -0.25) is 9.69 Å². The van der Waals surface area contributed by atoms with Gasteiger partial charge < -0.3 is 19.5 Å². The third kappa shape index (κ3) is 5.39. The van der Waals surface area contributed by atoms with E-state index in [9.17, 15) is 4.79 Å². The van der Waals surface area contributed by atoms with Gasteiger partial charge in [0.2, 0.25) is 0 Å². The third-order valence-electron chi connectivity index (χ3n) is 4.99. The summed E-state index contributed by atoms with van der Waals surface area (Å²) in [5.74, 6) is 2.01. The van der Waals surface area contributed by atoms with Gasteiger partial charge in [0.25, 0.3) is 5.91 Å². The topological polar surface area (TPSA) is 60.0 Å². The Morgan fingerprint density at radius 3 is 2.36 bits per heavy atom. The van der Waals surface area contributed by atoms with Crippen LogP contribution in [-0.2, 0) is 4.79 Å². The van der Waals surface area contributed by atoms with Gasteiger partial charge in [0.15, 0.2) is 6.61 Å².